The highest BCUT2D eigenvalue weighted by atomic mass is 79.9. The molecule has 0 saturated carbocycles. The molecule has 182 valence electrons. The molecule has 1 aliphatic carbocycles. The van der Waals surface area contributed by atoms with Gasteiger partial charge in [0.25, 0.3) is 0 Å². The Kier molecular flexibility index (Phi) is 7.20. The van der Waals surface area contributed by atoms with E-state index < -0.39 is 0 Å². The van der Waals surface area contributed by atoms with Crippen LogP contribution in [0, 0.1) is 5.92 Å². The zero-order valence-corrected chi connectivity index (χ0v) is 23.5. The van der Waals surface area contributed by atoms with Crippen molar-refractivity contribution in [3.63, 3.8) is 0 Å². The largest absolute Gasteiger partial charge is 0.342 e. The Morgan fingerprint density at radius 2 is 1.86 bits per heavy atom. The van der Waals surface area contributed by atoms with Crippen molar-refractivity contribution in [1.29, 1.82) is 0 Å². The summed E-state index contributed by atoms with van der Waals surface area (Å²) in [6, 6.07) is 10.2. The smallest absolute Gasteiger partial charge is 0.245 e. The lowest BCUT2D eigenvalue weighted by Crippen LogP contribution is -2.44. The van der Waals surface area contributed by atoms with Gasteiger partial charge in [0.05, 0.1) is 21.8 Å². The molecule has 2 aromatic heterocycles. The molecule has 0 spiro atoms. The lowest BCUT2D eigenvalue weighted by Gasteiger charge is -2.35. The Morgan fingerprint density at radius 3 is 2.57 bits per heavy atom. The van der Waals surface area contributed by atoms with Gasteiger partial charge in [-0.05, 0) is 92.3 Å². The topological polar surface area (TPSA) is 48.3 Å². The number of hydrogen-bond acceptors (Lipinski definition) is 2. The van der Waals surface area contributed by atoms with Crippen LogP contribution in [0.4, 0.5) is 0 Å². The molecular formula is C27H28Br2ClN3O2+2. The number of hydrogen-bond donors (Lipinski definition) is 1. The molecule has 1 aliphatic heterocycles. The maximum absolute atomic E-state index is 13.0. The monoisotopic (exact) mass is 619 g/mol. The van der Waals surface area contributed by atoms with Gasteiger partial charge in [-0.15, -0.1) is 0 Å². The Labute approximate surface area is 227 Å². The molecule has 5 nitrogen and oxygen atoms in total. The van der Waals surface area contributed by atoms with Gasteiger partial charge in [-0.25, -0.2) is 4.57 Å². The minimum absolute atomic E-state index is 0.0283. The maximum atomic E-state index is 13.0. The first-order valence-corrected chi connectivity index (χ1v) is 13.9. The second-order valence-electron chi connectivity index (χ2n) is 9.59. The van der Waals surface area contributed by atoms with Gasteiger partial charge in [-0.2, -0.15) is 0 Å². The molecule has 5 rings (SSSR count). The van der Waals surface area contributed by atoms with Crippen LogP contribution in [0.1, 0.15) is 46.7 Å². The number of pyridine rings is 2. The summed E-state index contributed by atoms with van der Waals surface area (Å²) in [5, 5.41) is 11.7. The number of carbonyl (C=O) groups excluding carboxylic acids is 1. The van der Waals surface area contributed by atoms with E-state index in [4.69, 9.17) is 11.6 Å². The fourth-order valence-corrected chi connectivity index (χ4v) is 6.82. The van der Waals surface area contributed by atoms with Gasteiger partial charge >= 0.3 is 0 Å². The van der Waals surface area contributed by atoms with Crippen molar-refractivity contribution < 1.29 is 19.3 Å². The van der Waals surface area contributed by atoms with Crippen molar-refractivity contribution >= 4 is 49.4 Å². The third kappa shape index (κ3) is 5.00. The van der Waals surface area contributed by atoms with Gasteiger partial charge in [-0.3, -0.25) is 10.0 Å². The predicted octanol–water partition coefficient (Wildman–Crippen LogP) is 4.93. The molecular weight excluding hydrogens is 594 g/mol. The van der Waals surface area contributed by atoms with E-state index in [1.165, 1.54) is 15.9 Å². The molecule has 1 amide bonds. The van der Waals surface area contributed by atoms with E-state index in [0.717, 1.165) is 64.5 Å². The van der Waals surface area contributed by atoms with Gasteiger partial charge in [0.15, 0.2) is 12.4 Å². The molecule has 0 radical (unpaired) electrons. The van der Waals surface area contributed by atoms with Crippen molar-refractivity contribution in [2.24, 2.45) is 13.0 Å². The van der Waals surface area contributed by atoms with Gasteiger partial charge in [0.2, 0.25) is 17.8 Å². The number of amides is 1. The van der Waals surface area contributed by atoms with Crippen LogP contribution in [0.5, 0.6) is 0 Å². The summed E-state index contributed by atoms with van der Waals surface area (Å²) in [5.74, 6) is 0.508. The average molecular weight is 622 g/mol. The molecule has 0 unspecified atom stereocenters. The number of rotatable bonds is 3. The summed E-state index contributed by atoms with van der Waals surface area (Å²) < 4.78 is 5.07. The predicted molar refractivity (Wildman–Crippen MR) is 141 cm³/mol. The van der Waals surface area contributed by atoms with Crippen LogP contribution < -0.4 is 9.30 Å². The number of nitrogens with zero attached hydrogens (tertiary/aromatic N) is 3. The number of benzene rings is 1. The molecule has 2 aliphatic rings. The lowest BCUT2D eigenvalue weighted by molar-refractivity contribution is -0.911. The first-order chi connectivity index (χ1) is 16.8. The van der Waals surface area contributed by atoms with Crippen LogP contribution in [0.25, 0.3) is 0 Å². The van der Waals surface area contributed by atoms with Gasteiger partial charge in [0.1, 0.15) is 7.05 Å². The number of aromatic nitrogens is 2. The van der Waals surface area contributed by atoms with Crippen LogP contribution >= 0.6 is 43.5 Å². The zero-order chi connectivity index (χ0) is 24.7. The number of fused-ring (bicyclic) bond motifs is 2. The standard InChI is InChI=1S/C27H28Br2ClN3O2/c1-31-10-6-17(7-11-31)14-24(34)32-12-8-18(9-13-32)25-21-4-5-23(30)26(29)22(21)3-2-19-15-20(28)16-33(35)27(19)25/h4-7,10-11,15-16,18,25,35H,2-3,8-9,12-14H2,1H3/q+2/t25-/m1/s1. The van der Waals surface area contributed by atoms with Crippen molar-refractivity contribution in [2.45, 2.75) is 38.0 Å². The summed E-state index contributed by atoms with van der Waals surface area (Å²) in [6.07, 6.45) is 9.54. The van der Waals surface area contributed by atoms with Crippen LogP contribution in [0.2, 0.25) is 5.02 Å². The van der Waals surface area contributed by atoms with Gasteiger partial charge in [0, 0.05) is 40.0 Å². The number of aryl methyl sites for hydroxylation is 2. The first kappa shape index (κ1) is 24.7. The minimum atomic E-state index is 0.0283. The molecule has 1 aromatic carbocycles. The third-order valence-electron chi connectivity index (χ3n) is 7.41. The second kappa shape index (κ2) is 10.2. The normalized spacial score (nSPS) is 18.1. The van der Waals surface area contributed by atoms with Crippen molar-refractivity contribution in [2.75, 3.05) is 13.1 Å². The fraction of sp³-hybridized carbons (Fsp3) is 0.370. The summed E-state index contributed by atoms with van der Waals surface area (Å²) in [5.41, 5.74) is 5.55. The molecule has 1 fully saturated rings. The molecule has 0 bridgehead atoms. The van der Waals surface area contributed by atoms with Crippen LogP contribution in [-0.4, -0.2) is 29.1 Å². The van der Waals surface area contributed by atoms with Crippen molar-refractivity contribution in [3.8, 4) is 0 Å². The lowest BCUT2D eigenvalue weighted by atomic mass is 9.76. The molecule has 1 saturated heterocycles. The highest BCUT2D eigenvalue weighted by molar-refractivity contribution is 9.10. The zero-order valence-electron chi connectivity index (χ0n) is 19.6. The number of likely N-dealkylation sites (tertiary alicyclic amines) is 1. The van der Waals surface area contributed by atoms with Crippen LogP contribution in [-0.2, 0) is 31.1 Å². The number of piperidine rings is 1. The highest BCUT2D eigenvalue weighted by Gasteiger charge is 2.40. The molecule has 3 heterocycles. The minimum Gasteiger partial charge on any atom is -0.342 e. The highest BCUT2D eigenvalue weighted by Crippen LogP contribution is 2.45. The third-order valence-corrected chi connectivity index (χ3v) is 9.29. The summed E-state index contributed by atoms with van der Waals surface area (Å²) in [4.78, 5) is 15.0. The molecule has 1 atom stereocenters. The van der Waals surface area contributed by atoms with Crippen molar-refractivity contribution in [1.82, 2.24) is 4.90 Å². The van der Waals surface area contributed by atoms with E-state index in [2.05, 4.69) is 44.0 Å². The van der Waals surface area contributed by atoms with E-state index in [1.54, 1.807) is 6.20 Å². The van der Waals surface area contributed by atoms with E-state index in [9.17, 15) is 10.0 Å². The number of halogens is 3. The Hall–Kier alpha value is -1.96. The summed E-state index contributed by atoms with van der Waals surface area (Å²) in [7, 11) is 1.97. The number of carbonyl (C=O) groups is 1. The van der Waals surface area contributed by atoms with E-state index >= 15 is 0 Å². The van der Waals surface area contributed by atoms with Crippen LogP contribution in [0.15, 0.2) is 57.9 Å². The molecule has 3 aromatic rings. The molecule has 35 heavy (non-hydrogen) atoms. The van der Waals surface area contributed by atoms with Crippen LogP contribution in [0.3, 0.4) is 0 Å². The van der Waals surface area contributed by atoms with E-state index in [-0.39, 0.29) is 11.8 Å². The van der Waals surface area contributed by atoms with Gasteiger partial charge < -0.3 is 4.90 Å². The second-order valence-corrected chi connectivity index (χ2v) is 11.7. The Balaban J connectivity index is 1.42. The maximum Gasteiger partial charge on any atom is 0.245 e. The first-order valence-electron chi connectivity index (χ1n) is 11.9. The van der Waals surface area contributed by atoms with E-state index in [1.807, 2.05) is 47.1 Å². The Bertz CT molecular complexity index is 1270. The van der Waals surface area contributed by atoms with E-state index in [0.29, 0.717) is 17.4 Å². The summed E-state index contributed by atoms with van der Waals surface area (Å²) >= 11 is 13.7. The quantitative estimate of drug-likeness (QED) is 0.333. The molecule has 8 heteroatoms. The fourth-order valence-electron chi connectivity index (χ4n) is 5.61. The van der Waals surface area contributed by atoms with Gasteiger partial charge in [-0.1, -0.05) is 17.7 Å². The molecule has 1 N–H and O–H groups in total. The average Bonchev–Trinajstić information content (AvgIpc) is 3.00. The Morgan fingerprint density at radius 1 is 1.14 bits per heavy atom. The SMILES string of the molecule is C[n+]1ccc(CC(=O)N2CCC([C@@H]3c4ccc(Cl)c(Br)c4CCc4cc(Br)c[n+](O)c43)CC2)cc1. The van der Waals surface area contributed by atoms with Crippen molar-refractivity contribution in [3.05, 3.63) is 90.8 Å². The summed E-state index contributed by atoms with van der Waals surface area (Å²) in [6.45, 7) is 1.45.